The first kappa shape index (κ1) is 22.0. The van der Waals surface area contributed by atoms with E-state index in [0.29, 0.717) is 25.1 Å². The second-order valence-corrected chi connectivity index (χ2v) is 9.32. The van der Waals surface area contributed by atoms with Crippen molar-refractivity contribution in [2.45, 2.75) is 49.5 Å². The third-order valence-corrected chi connectivity index (χ3v) is 8.05. The molecule has 2 aliphatic heterocycles. The van der Waals surface area contributed by atoms with Gasteiger partial charge in [0.25, 0.3) is 6.47 Å². The van der Waals surface area contributed by atoms with Crippen LogP contribution in [0.3, 0.4) is 0 Å². The van der Waals surface area contributed by atoms with Gasteiger partial charge < -0.3 is 10.4 Å². The van der Waals surface area contributed by atoms with E-state index < -0.39 is 21.5 Å². The van der Waals surface area contributed by atoms with Crippen LogP contribution in [0, 0.1) is 6.92 Å². The van der Waals surface area contributed by atoms with Crippen LogP contribution in [0.2, 0.25) is 0 Å². The Morgan fingerprint density at radius 2 is 2.03 bits per heavy atom. The Morgan fingerprint density at radius 3 is 2.63 bits per heavy atom. The predicted octanol–water partition coefficient (Wildman–Crippen LogP) is 1.88. The maximum Gasteiger partial charge on any atom is 0.290 e. The Labute approximate surface area is 175 Å². The average molecular weight is 435 g/mol. The summed E-state index contributed by atoms with van der Waals surface area (Å²) in [7, 11) is -2.01. The summed E-state index contributed by atoms with van der Waals surface area (Å²) >= 11 is 0. The van der Waals surface area contributed by atoms with Gasteiger partial charge in [0.1, 0.15) is 4.90 Å². The molecule has 0 radical (unpaired) electrons. The fourth-order valence-electron chi connectivity index (χ4n) is 4.58. The van der Waals surface area contributed by atoms with E-state index in [-0.39, 0.29) is 17.3 Å². The molecule has 10 heteroatoms. The highest BCUT2D eigenvalue weighted by Gasteiger charge is 2.59. The van der Waals surface area contributed by atoms with Crippen molar-refractivity contribution in [2.75, 3.05) is 11.9 Å². The summed E-state index contributed by atoms with van der Waals surface area (Å²) in [5.74, 6) is -0.0947. The third kappa shape index (κ3) is 3.20. The van der Waals surface area contributed by atoms with Gasteiger partial charge >= 0.3 is 0 Å². The number of carbonyl (C=O) groups is 2. The van der Waals surface area contributed by atoms with E-state index in [1.807, 2.05) is 31.2 Å². The maximum atomic E-state index is 13.5. The first-order valence-electron chi connectivity index (χ1n) is 9.75. The second-order valence-electron chi connectivity index (χ2n) is 7.46. The minimum absolute atomic E-state index is 0.0947. The summed E-state index contributed by atoms with van der Waals surface area (Å²) in [5, 5.41) is 14.0. The van der Waals surface area contributed by atoms with E-state index in [0.717, 1.165) is 17.7 Å². The Bertz CT molecular complexity index is 1060. The molecule has 1 spiro atoms. The quantitative estimate of drug-likeness (QED) is 0.709. The largest absolute Gasteiger partial charge is 0.483 e. The van der Waals surface area contributed by atoms with Crippen molar-refractivity contribution in [3.05, 3.63) is 41.7 Å². The van der Waals surface area contributed by atoms with Crippen LogP contribution in [0.5, 0.6) is 0 Å². The van der Waals surface area contributed by atoms with Gasteiger partial charge in [-0.3, -0.25) is 14.3 Å². The number of aromatic nitrogens is 2. The molecule has 2 aromatic rings. The highest BCUT2D eigenvalue weighted by atomic mass is 32.2. The number of para-hydroxylation sites is 1. The monoisotopic (exact) mass is 434 g/mol. The molecule has 0 saturated carbocycles. The molecule has 2 aliphatic rings. The van der Waals surface area contributed by atoms with Crippen molar-refractivity contribution in [2.24, 2.45) is 7.05 Å². The summed E-state index contributed by atoms with van der Waals surface area (Å²) in [6.45, 7) is 3.84. The molecule has 9 nitrogen and oxygen atoms in total. The van der Waals surface area contributed by atoms with Crippen LogP contribution in [-0.4, -0.2) is 52.6 Å². The van der Waals surface area contributed by atoms with Crippen molar-refractivity contribution in [3.63, 3.8) is 0 Å². The standard InChI is InChI=1S/C19H24N4O3S.CH2O2/c1-4-7-17-19(14-8-5-6-9-15(14)21-18(19)24)10-11-23(17)27(25,26)16-12-20-22(3)13(16)2;2-1-3/h5-6,8-9,12,17H,4,7,10-11H2,1-3H3,(H,21,24);1H,(H,2,3)/t17-,19+;/m0./s1. The number of aryl methyl sites for hydroxylation is 1. The summed E-state index contributed by atoms with van der Waals surface area (Å²) in [6.07, 6.45) is 3.31. The molecule has 0 bridgehead atoms. The number of hydrogen-bond donors (Lipinski definition) is 2. The fraction of sp³-hybridized carbons (Fsp3) is 0.450. The number of carboxylic acid groups (broad SMARTS) is 1. The number of carbonyl (C=O) groups excluding carboxylic acids is 1. The molecule has 162 valence electrons. The normalized spacial score (nSPS) is 23.0. The molecular weight excluding hydrogens is 408 g/mol. The number of hydrogen-bond acceptors (Lipinski definition) is 5. The highest BCUT2D eigenvalue weighted by molar-refractivity contribution is 7.89. The highest BCUT2D eigenvalue weighted by Crippen LogP contribution is 2.50. The van der Waals surface area contributed by atoms with Gasteiger partial charge in [0.2, 0.25) is 15.9 Å². The number of rotatable bonds is 4. The second kappa shape index (κ2) is 8.19. The number of nitrogens with one attached hydrogen (secondary N) is 1. The van der Waals surface area contributed by atoms with Crippen LogP contribution < -0.4 is 5.32 Å². The number of fused-ring (bicyclic) bond motifs is 2. The number of sulfonamides is 1. The van der Waals surface area contributed by atoms with Gasteiger partial charge in [0.05, 0.1) is 17.3 Å². The fourth-order valence-corrected chi connectivity index (χ4v) is 6.47. The third-order valence-electron chi connectivity index (χ3n) is 6.04. The first-order valence-corrected chi connectivity index (χ1v) is 11.2. The lowest BCUT2D eigenvalue weighted by atomic mass is 9.74. The zero-order chi connectivity index (χ0) is 22.1. The summed E-state index contributed by atoms with van der Waals surface area (Å²) in [6, 6.07) is 7.21. The molecule has 1 amide bonds. The van der Waals surface area contributed by atoms with Crippen LogP contribution in [-0.2, 0) is 32.1 Å². The van der Waals surface area contributed by atoms with Gasteiger partial charge in [-0.25, -0.2) is 8.42 Å². The van der Waals surface area contributed by atoms with E-state index >= 15 is 0 Å². The van der Waals surface area contributed by atoms with Crippen LogP contribution in [0.1, 0.15) is 37.4 Å². The van der Waals surface area contributed by atoms with Crippen molar-refractivity contribution < 1.29 is 23.1 Å². The predicted molar refractivity (Wildman–Crippen MR) is 111 cm³/mol. The molecule has 1 aromatic carbocycles. The lowest BCUT2D eigenvalue weighted by Crippen LogP contribution is -2.48. The maximum absolute atomic E-state index is 13.5. The van der Waals surface area contributed by atoms with Crippen molar-refractivity contribution in [3.8, 4) is 0 Å². The van der Waals surface area contributed by atoms with E-state index in [1.54, 1.807) is 18.7 Å². The number of anilines is 1. The minimum atomic E-state index is -3.74. The lowest BCUT2D eigenvalue weighted by molar-refractivity contribution is -0.123. The molecule has 0 aliphatic carbocycles. The molecule has 2 N–H and O–H groups in total. The number of benzene rings is 1. The zero-order valence-electron chi connectivity index (χ0n) is 17.2. The molecule has 1 fully saturated rings. The van der Waals surface area contributed by atoms with Gasteiger partial charge in [-0.15, -0.1) is 0 Å². The lowest BCUT2D eigenvalue weighted by Gasteiger charge is -2.33. The van der Waals surface area contributed by atoms with E-state index in [4.69, 9.17) is 9.90 Å². The van der Waals surface area contributed by atoms with Gasteiger partial charge in [0.15, 0.2) is 0 Å². The molecule has 4 rings (SSSR count). The van der Waals surface area contributed by atoms with Crippen molar-refractivity contribution >= 4 is 28.1 Å². The Morgan fingerprint density at radius 1 is 1.37 bits per heavy atom. The molecule has 3 heterocycles. The summed E-state index contributed by atoms with van der Waals surface area (Å²) in [5.41, 5.74) is 1.48. The zero-order valence-corrected chi connectivity index (χ0v) is 18.0. The molecule has 30 heavy (non-hydrogen) atoms. The van der Waals surface area contributed by atoms with Gasteiger partial charge in [-0.2, -0.15) is 9.40 Å². The van der Waals surface area contributed by atoms with Crippen LogP contribution in [0.25, 0.3) is 0 Å². The van der Waals surface area contributed by atoms with Crippen LogP contribution >= 0.6 is 0 Å². The molecular formula is C20H26N4O5S. The van der Waals surface area contributed by atoms with E-state index in [1.165, 1.54) is 10.5 Å². The van der Waals surface area contributed by atoms with Gasteiger partial charge in [0, 0.05) is 25.3 Å². The summed E-state index contributed by atoms with van der Waals surface area (Å²) in [4.78, 5) is 21.7. The Hall–Kier alpha value is -2.72. The SMILES string of the molecule is CCC[C@@H]1N(S(=O)(=O)c2cnn(C)c2C)CC[C@]12C(=O)Nc1ccccc12.O=CO. The Balaban J connectivity index is 0.000000806. The van der Waals surface area contributed by atoms with Gasteiger partial charge in [-0.05, 0) is 31.4 Å². The van der Waals surface area contributed by atoms with Crippen LogP contribution in [0.15, 0.2) is 35.4 Å². The van der Waals surface area contributed by atoms with Crippen LogP contribution in [0.4, 0.5) is 5.69 Å². The van der Waals surface area contributed by atoms with Crippen molar-refractivity contribution in [1.82, 2.24) is 14.1 Å². The molecule has 1 saturated heterocycles. The minimum Gasteiger partial charge on any atom is -0.483 e. The molecule has 0 unspecified atom stereocenters. The molecule has 2 atom stereocenters. The first-order chi connectivity index (χ1) is 14.2. The number of nitrogens with zero attached hydrogens (tertiary/aromatic N) is 3. The molecule has 1 aromatic heterocycles. The topological polar surface area (TPSA) is 122 Å². The van der Waals surface area contributed by atoms with Crippen molar-refractivity contribution in [1.29, 1.82) is 0 Å². The summed E-state index contributed by atoms with van der Waals surface area (Å²) < 4.78 is 30.0. The van der Waals surface area contributed by atoms with Gasteiger partial charge in [-0.1, -0.05) is 31.5 Å². The average Bonchev–Trinajstić information content (AvgIpc) is 3.34. The van der Waals surface area contributed by atoms with E-state index in [9.17, 15) is 13.2 Å². The number of amides is 1. The smallest absolute Gasteiger partial charge is 0.290 e. The van der Waals surface area contributed by atoms with E-state index in [2.05, 4.69) is 10.4 Å². The Kier molecular flexibility index (Phi) is 6.00.